The lowest BCUT2D eigenvalue weighted by Gasteiger charge is -2.28. The van der Waals surface area contributed by atoms with Gasteiger partial charge in [0.15, 0.2) is 0 Å². The molecule has 2 N–H and O–H groups in total. The smallest absolute Gasteiger partial charge is 0.242 e. The van der Waals surface area contributed by atoms with Crippen LogP contribution >= 0.6 is 0 Å². The molecule has 218 valence electrons. The van der Waals surface area contributed by atoms with Gasteiger partial charge in [-0.3, -0.25) is 19.2 Å². The molecule has 1 aromatic carbocycles. The summed E-state index contributed by atoms with van der Waals surface area (Å²) in [5.41, 5.74) is 1.02. The zero-order valence-electron chi connectivity index (χ0n) is 23.7. The summed E-state index contributed by atoms with van der Waals surface area (Å²) in [6.45, 7) is 1.25. The van der Waals surface area contributed by atoms with Crippen molar-refractivity contribution in [3.8, 4) is 5.75 Å². The molecule has 2 saturated carbocycles. The zero-order valence-corrected chi connectivity index (χ0v) is 23.7. The quantitative estimate of drug-likeness (QED) is 0.574. The Morgan fingerprint density at radius 2 is 1.75 bits per heavy atom. The second-order valence-electron chi connectivity index (χ2n) is 12.3. The van der Waals surface area contributed by atoms with Gasteiger partial charge in [0, 0.05) is 37.9 Å². The fourth-order valence-electron chi connectivity index (χ4n) is 6.68. The minimum atomic E-state index is -0.773. The molecular formula is C32H45N3O5. The van der Waals surface area contributed by atoms with Gasteiger partial charge >= 0.3 is 0 Å². The van der Waals surface area contributed by atoms with Crippen LogP contribution in [0.25, 0.3) is 0 Å². The van der Waals surface area contributed by atoms with Crippen LogP contribution in [-0.2, 0) is 25.6 Å². The lowest BCUT2D eigenvalue weighted by molar-refractivity contribution is -0.139. The molecule has 2 aliphatic carbocycles. The molecule has 2 bridgehead atoms. The van der Waals surface area contributed by atoms with Crippen molar-refractivity contribution < 1.29 is 23.9 Å². The molecule has 0 spiro atoms. The summed E-state index contributed by atoms with van der Waals surface area (Å²) in [5.74, 6) is -0.0140. The largest absolute Gasteiger partial charge is 0.494 e. The van der Waals surface area contributed by atoms with Crippen molar-refractivity contribution in [1.82, 2.24) is 15.5 Å². The number of amides is 3. The number of carbonyl (C=O) groups is 4. The van der Waals surface area contributed by atoms with Crippen molar-refractivity contribution in [3.63, 3.8) is 0 Å². The molecule has 1 aromatic rings. The topological polar surface area (TPSA) is 105 Å². The Balaban J connectivity index is 1.31. The number of hydrogen-bond donors (Lipinski definition) is 2. The summed E-state index contributed by atoms with van der Waals surface area (Å²) in [6, 6.07) is 7.53. The van der Waals surface area contributed by atoms with Gasteiger partial charge < -0.3 is 20.3 Å². The maximum atomic E-state index is 13.7. The molecule has 3 amide bonds. The number of fused-ring (bicyclic) bond motifs is 2. The molecule has 1 saturated heterocycles. The SMILES string of the molecule is O=C1CCc2cccc(c2)OCCCC[C@@H](C(=O)NC2CCCC2)NC(=O)[C@H](CC(=O)N2CCCC2C2CC2)C1. The predicted molar refractivity (Wildman–Crippen MR) is 152 cm³/mol. The van der Waals surface area contributed by atoms with Crippen molar-refractivity contribution in [3.05, 3.63) is 29.8 Å². The fourth-order valence-corrected chi connectivity index (χ4v) is 6.68. The van der Waals surface area contributed by atoms with Crippen LogP contribution in [-0.4, -0.2) is 59.7 Å². The van der Waals surface area contributed by atoms with E-state index in [0.717, 1.165) is 62.8 Å². The third-order valence-electron chi connectivity index (χ3n) is 9.13. The molecule has 0 radical (unpaired) electrons. The number of likely N-dealkylation sites (tertiary alicyclic amines) is 1. The molecule has 2 aliphatic heterocycles. The normalized spacial score (nSPS) is 27.2. The molecule has 8 heteroatoms. The number of nitrogens with zero attached hydrogens (tertiary/aromatic N) is 1. The fraction of sp³-hybridized carbons (Fsp3) is 0.688. The van der Waals surface area contributed by atoms with Gasteiger partial charge in [-0.15, -0.1) is 0 Å². The maximum absolute atomic E-state index is 13.7. The van der Waals surface area contributed by atoms with E-state index in [4.69, 9.17) is 4.74 Å². The first-order valence-electron chi connectivity index (χ1n) is 15.6. The Morgan fingerprint density at radius 3 is 2.55 bits per heavy atom. The lowest BCUT2D eigenvalue weighted by atomic mass is 9.93. The summed E-state index contributed by atoms with van der Waals surface area (Å²) >= 11 is 0. The Bertz CT molecular complexity index is 1060. The molecular weight excluding hydrogens is 506 g/mol. The second kappa shape index (κ2) is 13.6. The second-order valence-corrected chi connectivity index (χ2v) is 12.3. The van der Waals surface area contributed by atoms with Gasteiger partial charge in [-0.2, -0.15) is 0 Å². The first-order valence-corrected chi connectivity index (χ1v) is 15.6. The predicted octanol–water partition coefficient (Wildman–Crippen LogP) is 4.09. The van der Waals surface area contributed by atoms with Gasteiger partial charge in [0.1, 0.15) is 17.6 Å². The van der Waals surface area contributed by atoms with Gasteiger partial charge in [-0.25, -0.2) is 0 Å². The van der Waals surface area contributed by atoms with Gasteiger partial charge in [0.05, 0.1) is 12.5 Å². The summed E-state index contributed by atoms with van der Waals surface area (Å²) in [5, 5.41) is 6.11. The van der Waals surface area contributed by atoms with Crippen LogP contribution < -0.4 is 15.4 Å². The van der Waals surface area contributed by atoms with Crippen molar-refractivity contribution in [1.29, 1.82) is 0 Å². The standard InChI is InChI=1S/C32H45N3O5/c36-26-16-13-22-7-5-10-27(19-22)40-18-4-3-11-28(32(39)33-25-8-1-2-9-25)34-31(38)24(20-26)21-30(37)35-17-6-12-29(35)23-14-15-23/h5,7,10,19,23-25,28-29H,1-4,6,8-9,11-18,20-21H2,(H,33,39)(H,34,38)/t24-,28-,29?/m0/s1. The van der Waals surface area contributed by atoms with Crippen molar-refractivity contribution in [2.24, 2.45) is 11.8 Å². The van der Waals surface area contributed by atoms with E-state index < -0.39 is 12.0 Å². The molecule has 1 unspecified atom stereocenters. The minimum absolute atomic E-state index is 0.00661. The lowest BCUT2D eigenvalue weighted by Crippen LogP contribution is -2.51. The third kappa shape index (κ3) is 7.85. The Kier molecular flexibility index (Phi) is 9.76. The van der Waals surface area contributed by atoms with Gasteiger partial charge in [-0.05, 0) is 87.8 Å². The van der Waals surface area contributed by atoms with Gasteiger partial charge in [0.2, 0.25) is 17.7 Å². The van der Waals surface area contributed by atoms with Crippen LogP contribution in [0, 0.1) is 11.8 Å². The summed E-state index contributed by atoms with van der Waals surface area (Å²) in [7, 11) is 0. The van der Waals surface area contributed by atoms with Crippen LogP contribution in [0.5, 0.6) is 5.75 Å². The summed E-state index contributed by atoms with van der Waals surface area (Å²) in [6.07, 6.45) is 11.3. The van der Waals surface area contributed by atoms with Crippen LogP contribution in [0.15, 0.2) is 24.3 Å². The van der Waals surface area contributed by atoms with E-state index in [0.29, 0.717) is 38.2 Å². The average molecular weight is 552 g/mol. The first-order chi connectivity index (χ1) is 19.5. The molecule has 2 heterocycles. The summed E-state index contributed by atoms with van der Waals surface area (Å²) in [4.78, 5) is 55.5. The monoisotopic (exact) mass is 551 g/mol. The van der Waals surface area contributed by atoms with E-state index in [1.807, 2.05) is 29.2 Å². The number of Topliss-reactive ketones (excluding diaryl/α,β-unsaturated/α-hetero) is 1. The molecule has 4 aliphatic rings. The van der Waals surface area contributed by atoms with Crippen molar-refractivity contribution in [2.45, 2.75) is 114 Å². The van der Waals surface area contributed by atoms with E-state index in [2.05, 4.69) is 10.6 Å². The number of ketones is 1. The number of aryl methyl sites for hydroxylation is 1. The molecule has 3 fully saturated rings. The van der Waals surface area contributed by atoms with Gasteiger partial charge in [0.25, 0.3) is 0 Å². The van der Waals surface area contributed by atoms with Crippen LogP contribution in [0.3, 0.4) is 0 Å². The molecule has 0 aromatic heterocycles. The number of ether oxygens (including phenoxy) is 1. The highest BCUT2D eigenvalue weighted by Gasteiger charge is 2.41. The highest BCUT2D eigenvalue weighted by atomic mass is 16.5. The van der Waals surface area contributed by atoms with E-state index in [1.54, 1.807) is 0 Å². The number of carbonyl (C=O) groups excluding carboxylic acids is 4. The van der Waals surface area contributed by atoms with Crippen LogP contribution in [0.2, 0.25) is 0 Å². The summed E-state index contributed by atoms with van der Waals surface area (Å²) < 4.78 is 5.92. The minimum Gasteiger partial charge on any atom is -0.494 e. The maximum Gasteiger partial charge on any atom is 0.242 e. The van der Waals surface area contributed by atoms with E-state index in [9.17, 15) is 19.2 Å². The van der Waals surface area contributed by atoms with Crippen molar-refractivity contribution in [2.75, 3.05) is 13.2 Å². The third-order valence-corrected chi connectivity index (χ3v) is 9.13. The average Bonchev–Trinajstić information content (AvgIpc) is 3.43. The Hall–Kier alpha value is -2.90. The van der Waals surface area contributed by atoms with Crippen LogP contribution in [0.4, 0.5) is 0 Å². The van der Waals surface area contributed by atoms with E-state index in [1.165, 1.54) is 12.8 Å². The van der Waals surface area contributed by atoms with Gasteiger partial charge in [-0.1, -0.05) is 25.0 Å². The Labute approximate surface area is 238 Å². The van der Waals surface area contributed by atoms with E-state index in [-0.39, 0.29) is 48.4 Å². The number of benzene rings is 1. The number of rotatable bonds is 5. The number of hydrogen-bond acceptors (Lipinski definition) is 5. The molecule has 8 nitrogen and oxygen atoms in total. The number of nitrogens with one attached hydrogen (secondary N) is 2. The zero-order chi connectivity index (χ0) is 27.9. The van der Waals surface area contributed by atoms with Crippen LogP contribution in [0.1, 0.15) is 95.5 Å². The molecule has 3 atom stereocenters. The highest BCUT2D eigenvalue weighted by Crippen LogP contribution is 2.40. The van der Waals surface area contributed by atoms with Crippen molar-refractivity contribution >= 4 is 23.5 Å². The Morgan fingerprint density at radius 1 is 0.950 bits per heavy atom. The molecule has 40 heavy (non-hydrogen) atoms. The first kappa shape index (κ1) is 28.6. The molecule has 5 rings (SSSR count). The van der Waals surface area contributed by atoms with E-state index >= 15 is 0 Å². The highest BCUT2D eigenvalue weighted by molar-refractivity contribution is 5.93.